The van der Waals surface area contributed by atoms with E-state index in [1.807, 2.05) is 12.1 Å². The number of aromatic nitrogens is 2. The molecule has 0 saturated heterocycles. The van der Waals surface area contributed by atoms with Crippen molar-refractivity contribution in [3.63, 3.8) is 0 Å². The van der Waals surface area contributed by atoms with Gasteiger partial charge < -0.3 is 4.74 Å². The number of nitrogens with one attached hydrogen (secondary N) is 2. The van der Waals surface area contributed by atoms with Crippen molar-refractivity contribution in [2.75, 3.05) is 5.43 Å². The number of halogens is 2. The van der Waals surface area contributed by atoms with E-state index in [-0.39, 0.29) is 29.6 Å². The number of anilines is 1. The third kappa shape index (κ3) is 5.31. The lowest BCUT2D eigenvalue weighted by Gasteiger charge is -2.08. The van der Waals surface area contributed by atoms with Crippen molar-refractivity contribution in [1.29, 1.82) is 5.26 Å². The highest BCUT2D eigenvalue weighted by atomic mass is 19.1. The van der Waals surface area contributed by atoms with Crippen LogP contribution in [0.3, 0.4) is 0 Å². The molecule has 2 N–H and O–H groups in total. The van der Waals surface area contributed by atoms with Crippen molar-refractivity contribution in [3.05, 3.63) is 111 Å². The first-order chi connectivity index (χ1) is 16.5. The number of hydrogen-bond donors (Lipinski definition) is 2. The van der Waals surface area contributed by atoms with E-state index in [0.717, 1.165) is 0 Å². The Hall–Kier alpha value is -4.84. The summed E-state index contributed by atoms with van der Waals surface area (Å²) in [5.41, 5.74) is 3.68. The van der Waals surface area contributed by atoms with Crippen molar-refractivity contribution in [1.82, 2.24) is 9.97 Å². The quantitative estimate of drug-likeness (QED) is 0.312. The fraction of sp³-hybridized carbons (Fsp3) is 0.0400. The van der Waals surface area contributed by atoms with Crippen LogP contribution in [-0.2, 0) is 6.61 Å². The van der Waals surface area contributed by atoms with Crippen LogP contribution in [0.1, 0.15) is 16.7 Å². The van der Waals surface area contributed by atoms with Crippen LogP contribution < -0.4 is 15.7 Å². The van der Waals surface area contributed by atoms with Gasteiger partial charge in [0.15, 0.2) is 11.6 Å². The van der Waals surface area contributed by atoms with Gasteiger partial charge in [-0.3, -0.25) is 9.78 Å². The number of hydrazone groups is 1. The largest absolute Gasteiger partial charge is 0.486 e. The summed E-state index contributed by atoms with van der Waals surface area (Å²) in [7, 11) is 0. The van der Waals surface area contributed by atoms with Gasteiger partial charge >= 0.3 is 0 Å². The fourth-order valence-corrected chi connectivity index (χ4v) is 3.11. The standard InChI is InChI=1S/C25H17F2N5O2/c26-19-8-4-5-17(11-19)15-34-22-10-9-16(12-21(22)27)14-29-32-25-30-23(18-6-2-1-3-7-18)20(13-28)24(33)31-25/h1-12,14H,15H2,(H2,30,31,32,33). The minimum atomic E-state index is -0.614. The molecule has 0 unspecified atom stereocenters. The van der Waals surface area contributed by atoms with E-state index in [0.29, 0.717) is 16.7 Å². The average molecular weight is 457 g/mol. The zero-order valence-electron chi connectivity index (χ0n) is 17.6. The molecule has 3 aromatic carbocycles. The molecule has 168 valence electrons. The number of nitrogens with zero attached hydrogens (tertiary/aromatic N) is 3. The van der Waals surface area contributed by atoms with Crippen molar-refractivity contribution >= 4 is 12.2 Å². The highest BCUT2D eigenvalue weighted by Gasteiger charge is 2.13. The van der Waals surface area contributed by atoms with Gasteiger partial charge in [0.2, 0.25) is 5.95 Å². The lowest BCUT2D eigenvalue weighted by Crippen LogP contribution is -2.16. The second-order valence-corrected chi connectivity index (χ2v) is 7.09. The molecule has 0 radical (unpaired) electrons. The molecule has 0 aliphatic heterocycles. The van der Waals surface area contributed by atoms with Crippen molar-refractivity contribution in [2.45, 2.75) is 6.61 Å². The molecule has 0 spiro atoms. The molecule has 0 amide bonds. The Labute approximate surface area is 193 Å². The molecule has 0 fully saturated rings. The Morgan fingerprint density at radius 1 is 1.09 bits per heavy atom. The number of nitriles is 1. The van der Waals surface area contributed by atoms with Gasteiger partial charge in [-0.05, 0) is 41.5 Å². The summed E-state index contributed by atoms with van der Waals surface area (Å²) >= 11 is 0. The number of aromatic amines is 1. The lowest BCUT2D eigenvalue weighted by atomic mass is 10.1. The molecule has 0 saturated carbocycles. The molecule has 0 atom stereocenters. The van der Waals surface area contributed by atoms with Crippen LogP contribution in [0.2, 0.25) is 0 Å². The highest BCUT2D eigenvalue weighted by Crippen LogP contribution is 2.21. The Bertz CT molecular complexity index is 1450. The second kappa shape index (κ2) is 10.2. The van der Waals surface area contributed by atoms with Gasteiger partial charge in [0.25, 0.3) is 5.56 Å². The van der Waals surface area contributed by atoms with Crippen LogP contribution in [0.4, 0.5) is 14.7 Å². The minimum Gasteiger partial charge on any atom is -0.486 e. The van der Waals surface area contributed by atoms with E-state index < -0.39 is 17.2 Å². The Balaban J connectivity index is 1.46. The molecule has 0 aliphatic rings. The highest BCUT2D eigenvalue weighted by molar-refractivity contribution is 5.80. The first-order valence-electron chi connectivity index (χ1n) is 10.1. The molecule has 9 heteroatoms. The topological polar surface area (TPSA) is 103 Å². The van der Waals surface area contributed by atoms with Crippen molar-refractivity contribution < 1.29 is 13.5 Å². The summed E-state index contributed by atoms with van der Waals surface area (Å²) in [5, 5.41) is 13.3. The van der Waals surface area contributed by atoms with E-state index in [2.05, 4.69) is 20.5 Å². The number of H-pyrrole nitrogens is 1. The van der Waals surface area contributed by atoms with Crippen LogP contribution in [0.5, 0.6) is 5.75 Å². The summed E-state index contributed by atoms with van der Waals surface area (Å²) < 4.78 is 33.1. The van der Waals surface area contributed by atoms with Crippen molar-refractivity contribution in [2.24, 2.45) is 5.10 Å². The summed E-state index contributed by atoms with van der Waals surface area (Å²) in [5.74, 6) is -0.971. The second-order valence-electron chi connectivity index (χ2n) is 7.09. The van der Waals surface area contributed by atoms with Gasteiger partial charge in [0.05, 0.1) is 11.9 Å². The molecule has 1 aromatic heterocycles. The molecule has 0 bridgehead atoms. The maximum Gasteiger partial charge on any atom is 0.270 e. The molecule has 0 aliphatic carbocycles. The van der Waals surface area contributed by atoms with Crippen LogP contribution in [0.15, 0.2) is 82.7 Å². The van der Waals surface area contributed by atoms with E-state index in [9.17, 15) is 18.8 Å². The smallest absolute Gasteiger partial charge is 0.270 e. The minimum absolute atomic E-state index is 0.0139. The maximum absolute atomic E-state index is 14.4. The predicted octanol–water partition coefficient (Wildman–Crippen LogP) is 4.61. The number of rotatable bonds is 7. The normalized spacial score (nSPS) is 10.7. The third-order valence-electron chi connectivity index (χ3n) is 4.70. The van der Waals surface area contributed by atoms with Crippen LogP contribution in [0, 0.1) is 23.0 Å². The monoisotopic (exact) mass is 457 g/mol. The first kappa shape index (κ1) is 22.4. The maximum atomic E-state index is 14.4. The van der Waals surface area contributed by atoms with Gasteiger partial charge in [-0.25, -0.2) is 19.2 Å². The van der Waals surface area contributed by atoms with Gasteiger partial charge in [0.1, 0.15) is 24.1 Å². The van der Waals surface area contributed by atoms with Crippen LogP contribution in [0.25, 0.3) is 11.3 Å². The van der Waals surface area contributed by atoms with E-state index in [1.165, 1.54) is 30.5 Å². The Morgan fingerprint density at radius 3 is 2.65 bits per heavy atom. The molecular formula is C25H17F2N5O2. The van der Waals surface area contributed by atoms with E-state index >= 15 is 0 Å². The summed E-state index contributed by atoms with van der Waals surface area (Å²) in [4.78, 5) is 19.0. The van der Waals surface area contributed by atoms with Gasteiger partial charge in [-0.15, -0.1) is 0 Å². The lowest BCUT2D eigenvalue weighted by molar-refractivity contribution is 0.290. The van der Waals surface area contributed by atoms with Crippen molar-refractivity contribution in [3.8, 4) is 23.1 Å². The van der Waals surface area contributed by atoms with Gasteiger partial charge in [0, 0.05) is 5.56 Å². The van der Waals surface area contributed by atoms with Gasteiger partial charge in [-0.1, -0.05) is 42.5 Å². The average Bonchev–Trinajstić information content (AvgIpc) is 2.84. The number of benzene rings is 3. The van der Waals surface area contributed by atoms with Gasteiger partial charge in [-0.2, -0.15) is 10.4 Å². The van der Waals surface area contributed by atoms with E-state index in [4.69, 9.17) is 4.74 Å². The molecule has 7 nitrogen and oxygen atoms in total. The summed E-state index contributed by atoms with van der Waals surface area (Å²) in [6.45, 7) is 0.0190. The molecular weight excluding hydrogens is 440 g/mol. The van der Waals surface area contributed by atoms with E-state index in [1.54, 1.807) is 42.5 Å². The first-order valence-corrected chi connectivity index (χ1v) is 10.1. The Morgan fingerprint density at radius 2 is 1.91 bits per heavy atom. The number of hydrogen-bond acceptors (Lipinski definition) is 6. The Kier molecular flexibility index (Phi) is 6.70. The molecule has 34 heavy (non-hydrogen) atoms. The molecule has 4 rings (SSSR count). The summed E-state index contributed by atoms with van der Waals surface area (Å²) in [6, 6.07) is 20.8. The van der Waals surface area contributed by atoms with Crippen LogP contribution >= 0.6 is 0 Å². The van der Waals surface area contributed by atoms with Crippen LogP contribution in [-0.4, -0.2) is 16.2 Å². The zero-order chi connectivity index (χ0) is 23.9. The predicted molar refractivity (Wildman–Crippen MR) is 123 cm³/mol. The number of ether oxygens (including phenoxy) is 1. The summed E-state index contributed by atoms with van der Waals surface area (Å²) in [6.07, 6.45) is 1.33. The fourth-order valence-electron chi connectivity index (χ4n) is 3.11. The zero-order valence-corrected chi connectivity index (χ0v) is 17.6. The molecule has 1 heterocycles. The third-order valence-corrected chi connectivity index (χ3v) is 4.70. The SMILES string of the molecule is N#Cc1c(-c2ccccc2)nc(NN=Cc2ccc(OCc3cccc(F)c3)c(F)c2)[nH]c1=O. The molecule has 4 aromatic rings.